The van der Waals surface area contributed by atoms with E-state index in [0.29, 0.717) is 11.2 Å². The Morgan fingerprint density at radius 3 is 2.95 bits per heavy atom. The number of fused-ring (bicyclic) bond motifs is 1. The van der Waals surface area contributed by atoms with Crippen molar-refractivity contribution in [3.8, 4) is 11.1 Å². The van der Waals surface area contributed by atoms with Crippen LogP contribution in [0.2, 0.25) is 0 Å². The second-order valence-corrected chi connectivity index (χ2v) is 4.64. The lowest BCUT2D eigenvalue weighted by Gasteiger charge is -2.04. The molecule has 0 aliphatic heterocycles. The maximum atomic E-state index is 12.2. The normalized spacial score (nSPS) is 10.9. The fourth-order valence-corrected chi connectivity index (χ4v) is 2.22. The van der Waals surface area contributed by atoms with E-state index in [-0.39, 0.29) is 5.91 Å². The van der Waals surface area contributed by atoms with Gasteiger partial charge < -0.3 is 9.40 Å². The molecule has 0 aromatic carbocycles. The van der Waals surface area contributed by atoms with Gasteiger partial charge in [0.25, 0.3) is 5.91 Å². The average molecular weight is 294 g/mol. The predicted molar refractivity (Wildman–Crippen MR) is 77.5 cm³/mol. The monoisotopic (exact) mass is 294 g/mol. The van der Waals surface area contributed by atoms with Crippen molar-refractivity contribution in [3.05, 3.63) is 55.3 Å². The topological polar surface area (TPSA) is 102 Å². The number of nitrogens with zero attached hydrogens (tertiary/aromatic N) is 4. The summed E-state index contributed by atoms with van der Waals surface area (Å²) in [7, 11) is 0. The van der Waals surface area contributed by atoms with Crippen LogP contribution in [0.4, 0.5) is 0 Å². The zero-order chi connectivity index (χ0) is 14.9. The Kier molecular flexibility index (Phi) is 2.72. The summed E-state index contributed by atoms with van der Waals surface area (Å²) in [6.07, 6.45) is 9.40. The Hall–Kier alpha value is -3.42. The number of carbonyl (C=O) groups excluding carboxylic acids is 1. The number of furan rings is 1. The highest BCUT2D eigenvalue weighted by Crippen LogP contribution is 2.28. The molecular formula is C14H10N6O2. The van der Waals surface area contributed by atoms with Crippen LogP contribution >= 0.6 is 0 Å². The Labute approximate surface area is 123 Å². The minimum Gasteiger partial charge on any atom is -0.472 e. The largest absolute Gasteiger partial charge is 0.472 e. The molecule has 0 saturated heterocycles. The maximum absolute atomic E-state index is 12.2. The number of aromatic nitrogens is 5. The first kappa shape index (κ1) is 12.3. The van der Waals surface area contributed by atoms with Crippen LogP contribution in [-0.2, 0) is 0 Å². The van der Waals surface area contributed by atoms with Crippen molar-refractivity contribution in [2.75, 3.05) is 5.43 Å². The van der Waals surface area contributed by atoms with Crippen LogP contribution in [-0.4, -0.2) is 30.7 Å². The van der Waals surface area contributed by atoms with Crippen molar-refractivity contribution in [1.82, 2.24) is 24.8 Å². The summed E-state index contributed by atoms with van der Waals surface area (Å²) in [6, 6.07) is 3.63. The summed E-state index contributed by atoms with van der Waals surface area (Å²) in [4.78, 5) is 19.6. The van der Waals surface area contributed by atoms with E-state index in [2.05, 4.69) is 25.6 Å². The van der Waals surface area contributed by atoms with Gasteiger partial charge in [0.1, 0.15) is 18.3 Å². The summed E-state index contributed by atoms with van der Waals surface area (Å²) in [6.45, 7) is 0. The number of amides is 1. The lowest BCUT2D eigenvalue weighted by molar-refractivity contribution is 0.101. The molecule has 0 spiro atoms. The molecule has 0 unspecified atom stereocenters. The molecule has 2 N–H and O–H groups in total. The first-order valence-corrected chi connectivity index (χ1v) is 6.47. The molecule has 108 valence electrons. The molecular weight excluding hydrogens is 284 g/mol. The van der Waals surface area contributed by atoms with Gasteiger partial charge in [0.2, 0.25) is 0 Å². The van der Waals surface area contributed by atoms with Crippen molar-refractivity contribution in [2.45, 2.75) is 0 Å². The maximum Gasteiger partial charge on any atom is 0.271 e. The Morgan fingerprint density at radius 1 is 1.32 bits per heavy atom. The smallest absolute Gasteiger partial charge is 0.271 e. The third kappa shape index (κ3) is 2.03. The van der Waals surface area contributed by atoms with Gasteiger partial charge in [-0.05, 0) is 12.1 Å². The van der Waals surface area contributed by atoms with Gasteiger partial charge in [-0.25, -0.2) is 9.66 Å². The van der Waals surface area contributed by atoms with E-state index in [1.165, 1.54) is 23.5 Å². The molecule has 4 rings (SSSR count). The molecule has 8 heteroatoms. The molecule has 4 aromatic rings. The summed E-state index contributed by atoms with van der Waals surface area (Å²) in [5.41, 5.74) is 5.62. The summed E-state index contributed by atoms with van der Waals surface area (Å²) in [5, 5.41) is 8.10. The molecule has 0 bridgehead atoms. The number of rotatable bonds is 3. The number of aromatic amines is 1. The van der Waals surface area contributed by atoms with Gasteiger partial charge in [-0.3, -0.25) is 10.2 Å². The van der Waals surface area contributed by atoms with E-state index >= 15 is 0 Å². The van der Waals surface area contributed by atoms with Crippen molar-refractivity contribution in [2.24, 2.45) is 0 Å². The van der Waals surface area contributed by atoms with Gasteiger partial charge in [0, 0.05) is 28.9 Å². The number of hydrogen-bond acceptors (Lipinski definition) is 5. The van der Waals surface area contributed by atoms with Gasteiger partial charge in [0.05, 0.1) is 18.1 Å². The first-order valence-electron chi connectivity index (χ1n) is 6.47. The molecule has 8 nitrogen and oxygen atoms in total. The van der Waals surface area contributed by atoms with Crippen LogP contribution in [0.15, 0.2) is 54.1 Å². The third-order valence-corrected chi connectivity index (χ3v) is 3.27. The van der Waals surface area contributed by atoms with Crippen molar-refractivity contribution in [3.63, 3.8) is 0 Å². The number of carbonyl (C=O) groups is 1. The van der Waals surface area contributed by atoms with Gasteiger partial charge in [-0.15, -0.1) is 10.2 Å². The molecule has 0 fully saturated rings. The summed E-state index contributed by atoms with van der Waals surface area (Å²) in [5.74, 6) is -0.298. The number of pyridine rings is 1. The lowest BCUT2D eigenvalue weighted by atomic mass is 10.1. The third-order valence-electron chi connectivity index (χ3n) is 3.27. The molecule has 1 amide bonds. The quantitative estimate of drug-likeness (QED) is 0.600. The van der Waals surface area contributed by atoms with Crippen LogP contribution in [0, 0.1) is 0 Å². The van der Waals surface area contributed by atoms with Crippen molar-refractivity contribution in [1.29, 1.82) is 0 Å². The summed E-state index contributed by atoms with van der Waals surface area (Å²) < 4.78 is 6.48. The van der Waals surface area contributed by atoms with E-state index in [1.807, 2.05) is 12.3 Å². The molecule has 0 aliphatic rings. The Morgan fingerprint density at radius 2 is 2.18 bits per heavy atom. The first-order chi connectivity index (χ1) is 10.8. The fourth-order valence-electron chi connectivity index (χ4n) is 2.22. The Bertz CT molecular complexity index is 924. The number of hydrogen-bond donors (Lipinski definition) is 2. The SMILES string of the molecule is O=C(Nn1cnnc1)c1cnc2[nH]cc(-c3ccoc3)c2c1. The highest BCUT2D eigenvalue weighted by molar-refractivity contribution is 6.04. The molecule has 0 saturated carbocycles. The van der Waals surface area contributed by atoms with Crippen LogP contribution < -0.4 is 5.43 Å². The second-order valence-electron chi connectivity index (χ2n) is 4.64. The zero-order valence-electron chi connectivity index (χ0n) is 11.2. The molecule has 0 atom stereocenters. The van der Waals surface area contributed by atoms with E-state index in [4.69, 9.17) is 4.42 Å². The van der Waals surface area contributed by atoms with E-state index in [1.54, 1.807) is 18.6 Å². The van der Waals surface area contributed by atoms with Gasteiger partial charge in [-0.2, -0.15) is 0 Å². The highest BCUT2D eigenvalue weighted by atomic mass is 16.3. The van der Waals surface area contributed by atoms with Crippen molar-refractivity contribution >= 4 is 16.9 Å². The van der Waals surface area contributed by atoms with Gasteiger partial charge >= 0.3 is 0 Å². The van der Waals surface area contributed by atoms with E-state index in [9.17, 15) is 4.79 Å². The number of H-pyrrole nitrogens is 1. The van der Waals surface area contributed by atoms with Crippen LogP contribution in [0.25, 0.3) is 22.2 Å². The van der Waals surface area contributed by atoms with E-state index < -0.39 is 0 Å². The van der Waals surface area contributed by atoms with E-state index in [0.717, 1.165) is 16.5 Å². The molecule has 0 radical (unpaired) electrons. The second kappa shape index (κ2) is 4.85. The minimum absolute atomic E-state index is 0.298. The van der Waals surface area contributed by atoms with Gasteiger partial charge in [0.15, 0.2) is 0 Å². The lowest BCUT2D eigenvalue weighted by Crippen LogP contribution is -2.21. The van der Waals surface area contributed by atoms with Crippen LogP contribution in [0.3, 0.4) is 0 Å². The molecule has 0 aliphatic carbocycles. The number of nitrogens with one attached hydrogen (secondary N) is 2. The van der Waals surface area contributed by atoms with Crippen molar-refractivity contribution < 1.29 is 9.21 Å². The minimum atomic E-state index is -0.298. The molecule has 4 aromatic heterocycles. The van der Waals surface area contributed by atoms with Gasteiger partial charge in [-0.1, -0.05) is 0 Å². The zero-order valence-corrected chi connectivity index (χ0v) is 11.2. The van der Waals surface area contributed by atoms with Crippen LogP contribution in [0.5, 0.6) is 0 Å². The molecule has 4 heterocycles. The fraction of sp³-hybridized carbons (Fsp3) is 0. The predicted octanol–water partition coefficient (Wildman–Crippen LogP) is 1.80. The standard InChI is InChI=1S/C14H10N6O2/c21-14(19-20-7-17-18-8-20)10-3-11-12(9-1-2-22-6-9)5-16-13(11)15-4-10/h1-8H,(H,15,16)(H,19,21). The summed E-state index contributed by atoms with van der Waals surface area (Å²) >= 11 is 0. The van der Waals surface area contributed by atoms with Crippen LogP contribution in [0.1, 0.15) is 10.4 Å². The highest BCUT2D eigenvalue weighted by Gasteiger charge is 2.12. The Balaban J connectivity index is 1.73. The molecule has 22 heavy (non-hydrogen) atoms. The average Bonchev–Trinajstić information content (AvgIpc) is 3.27.